The summed E-state index contributed by atoms with van der Waals surface area (Å²) in [5.41, 5.74) is 0.607. The first kappa shape index (κ1) is 17.0. The van der Waals surface area contributed by atoms with Crippen molar-refractivity contribution in [1.29, 1.82) is 0 Å². The second-order valence-electron chi connectivity index (χ2n) is 5.34. The summed E-state index contributed by atoms with van der Waals surface area (Å²) in [6.07, 6.45) is -5.15. The number of benzene rings is 1. The molecule has 1 aromatic rings. The van der Waals surface area contributed by atoms with E-state index in [0.717, 1.165) is 13.1 Å². The van der Waals surface area contributed by atoms with E-state index >= 15 is 0 Å². The van der Waals surface area contributed by atoms with Gasteiger partial charge in [0.15, 0.2) is 0 Å². The quantitative estimate of drug-likeness (QED) is 0.844. The number of nitrogens with zero attached hydrogens (tertiary/aromatic N) is 1. The fraction of sp³-hybridized carbons (Fsp3) is 0.600. The van der Waals surface area contributed by atoms with Crippen molar-refractivity contribution >= 4 is 0 Å². The van der Waals surface area contributed by atoms with Gasteiger partial charge in [0.05, 0.1) is 7.11 Å². The van der Waals surface area contributed by atoms with E-state index in [1.165, 1.54) is 25.3 Å². The number of hydrogen-bond donors (Lipinski definition) is 1. The van der Waals surface area contributed by atoms with Gasteiger partial charge in [-0.05, 0) is 12.5 Å². The molecule has 7 heteroatoms. The third-order valence-electron chi connectivity index (χ3n) is 3.85. The largest absolute Gasteiger partial charge is 0.496 e. The molecule has 1 fully saturated rings. The number of rotatable bonds is 5. The zero-order valence-corrected chi connectivity index (χ0v) is 12.4. The van der Waals surface area contributed by atoms with E-state index in [9.17, 15) is 17.6 Å². The molecule has 3 nitrogen and oxygen atoms in total. The van der Waals surface area contributed by atoms with E-state index in [4.69, 9.17) is 4.74 Å². The molecular weight excluding hydrogens is 300 g/mol. The van der Waals surface area contributed by atoms with Gasteiger partial charge in [0.2, 0.25) is 0 Å². The van der Waals surface area contributed by atoms with Gasteiger partial charge < -0.3 is 10.1 Å². The van der Waals surface area contributed by atoms with Gasteiger partial charge in [0.25, 0.3) is 0 Å². The Morgan fingerprint density at radius 1 is 1.27 bits per heavy atom. The fourth-order valence-electron chi connectivity index (χ4n) is 2.79. The van der Waals surface area contributed by atoms with E-state index in [2.05, 4.69) is 5.32 Å². The van der Waals surface area contributed by atoms with E-state index in [0.29, 0.717) is 24.4 Å². The molecule has 1 aliphatic rings. The molecule has 1 atom stereocenters. The van der Waals surface area contributed by atoms with Gasteiger partial charge in [-0.1, -0.05) is 6.07 Å². The molecule has 1 aromatic carbocycles. The summed E-state index contributed by atoms with van der Waals surface area (Å²) in [5, 5.41) is 3.18. The van der Waals surface area contributed by atoms with Gasteiger partial charge in [0, 0.05) is 50.3 Å². The van der Waals surface area contributed by atoms with Crippen LogP contribution in [-0.2, 0) is 0 Å². The van der Waals surface area contributed by atoms with Crippen LogP contribution in [0.4, 0.5) is 17.6 Å². The minimum absolute atomic E-state index is 0.0640. The van der Waals surface area contributed by atoms with Crippen molar-refractivity contribution in [2.75, 3.05) is 33.3 Å². The van der Waals surface area contributed by atoms with Crippen LogP contribution in [0.25, 0.3) is 0 Å². The molecule has 1 N–H and O–H groups in total. The molecule has 1 saturated heterocycles. The van der Waals surface area contributed by atoms with E-state index < -0.39 is 24.5 Å². The molecule has 0 saturated carbocycles. The topological polar surface area (TPSA) is 24.5 Å². The monoisotopic (exact) mass is 320 g/mol. The van der Waals surface area contributed by atoms with Gasteiger partial charge >= 0.3 is 6.18 Å². The van der Waals surface area contributed by atoms with Crippen molar-refractivity contribution in [3.05, 3.63) is 29.6 Å². The molecular formula is C15H20F4N2O. The Morgan fingerprint density at radius 3 is 2.55 bits per heavy atom. The Bertz CT molecular complexity index is 487. The summed E-state index contributed by atoms with van der Waals surface area (Å²) >= 11 is 0. The summed E-state index contributed by atoms with van der Waals surface area (Å²) in [7, 11) is 1.40. The highest BCUT2D eigenvalue weighted by Crippen LogP contribution is 2.36. The minimum atomic E-state index is -4.21. The second kappa shape index (κ2) is 7.28. The van der Waals surface area contributed by atoms with Crippen LogP contribution >= 0.6 is 0 Å². The molecule has 0 unspecified atom stereocenters. The highest BCUT2D eigenvalue weighted by Gasteiger charge is 2.32. The average molecular weight is 320 g/mol. The van der Waals surface area contributed by atoms with E-state index in [1.54, 1.807) is 0 Å². The molecule has 0 aromatic heterocycles. The lowest BCUT2D eigenvalue weighted by Crippen LogP contribution is -2.45. The van der Waals surface area contributed by atoms with Gasteiger partial charge in [-0.25, -0.2) is 4.39 Å². The number of nitrogens with one attached hydrogen (secondary N) is 1. The average Bonchev–Trinajstić information content (AvgIpc) is 2.48. The maximum absolute atomic E-state index is 13.3. The van der Waals surface area contributed by atoms with Crippen LogP contribution in [-0.4, -0.2) is 44.4 Å². The van der Waals surface area contributed by atoms with Crippen LogP contribution < -0.4 is 10.1 Å². The van der Waals surface area contributed by atoms with Crippen molar-refractivity contribution in [3.63, 3.8) is 0 Å². The third kappa shape index (κ3) is 4.58. The normalized spacial score (nSPS) is 18.2. The number of alkyl halides is 3. The van der Waals surface area contributed by atoms with Crippen LogP contribution in [0, 0.1) is 5.82 Å². The zero-order chi connectivity index (χ0) is 16.2. The molecule has 22 heavy (non-hydrogen) atoms. The molecule has 124 valence electrons. The van der Waals surface area contributed by atoms with Gasteiger partial charge in [0.1, 0.15) is 11.6 Å². The van der Waals surface area contributed by atoms with Crippen molar-refractivity contribution < 1.29 is 22.3 Å². The lowest BCUT2D eigenvalue weighted by Gasteiger charge is -2.36. The predicted octanol–water partition coefficient (Wildman–Crippen LogP) is 3.12. The van der Waals surface area contributed by atoms with Crippen molar-refractivity contribution in [2.45, 2.75) is 25.1 Å². The first-order valence-electron chi connectivity index (χ1n) is 7.25. The molecule has 1 heterocycles. The lowest BCUT2D eigenvalue weighted by molar-refractivity contribution is -0.138. The van der Waals surface area contributed by atoms with Gasteiger partial charge in [-0.2, -0.15) is 13.2 Å². The zero-order valence-electron chi connectivity index (χ0n) is 12.4. The van der Waals surface area contributed by atoms with Crippen LogP contribution in [0.15, 0.2) is 18.2 Å². The Balaban J connectivity index is 2.26. The summed E-state index contributed by atoms with van der Waals surface area (Å²) < 4.78 is 56.4. The summed E-state index contributed by atoms with van der Waals surface area (Å²) in [5.74, 6) is -0.166. The number of halogens is 4. The third-order valence-corrected chi connectivity index (χ3v) is 3.85. The molecule has 0 spiro atoms. The molecule has 2 rings (SSSR count). The smallest absolute Gasteiger partial charge is 0.389 e. The van der Waals surface area contributed by atoms with Gasteiger partial charge in [-0.3, -0.25) is 4.90 Å². The van der Waals surface area contributed by atoms with Crippen LogP contribution in [0.1, 0.15) is 24.4 Å². The van der Waals surface area contributed by atoms with Gasteiger partial charge in [-0.15, -0.1) is 0 Å². The van der Waals surface area contributed by atoms with Crippen LogP contribution in [0.5, 0.6) is 5.75 Å². The first-order valence-corrected chi connectivity index (χ1v) is 7.25. The second-order valence-corrected chi connectivity index (χ2v) is 5.34. The van der Waals surface area contributed by atoms with Crippen molar-refractivity contribution in [2.24, 2.45) is 0 Å². The molecule has 1 aliphatic heterocycles. The Morgan fingerprint density at radius 2 is 1.95 bits per heavy atom. The van der Waals surface area contributed by atoms with E-state index in [1.807, 2.05) is 4.90 Å². The van der Waals surface area contributed by atoms with Crippen LogP contribution in [0.3, 0.4) is 0 Å². The number of methoxy groups -OCH3 is 1. The maximum atomic E-state index is 13.3. The summed E-state index contributed by atoms with van der Waals surface area (Å²) in [6, 6.07) is 3.58. The number of piperazine rings is 1. The highest BCUT2D eigenvalue weighted by molar-refractivity contribution is 5.36. The van der Waals surface area contributed by atoms with Crippen LogP contribution in [0.2, 0.25) is 0 Å². The SMILES string of the molecule is COc1cc(F)ccc1[C@H](CCC(F)(F)F)N1CCNCC1. The Hall–Kier alpha value is -1.34. The van der Waals surface area contributed by atoms with Crippen molar-refractivity contribution in [3.8, 4) is 5.75 Å². The first-order chi connectivity index (χ1) is 10.4. The molecule has 0 amide bonds. The fourth-order valence-corrected chi connectivity index (χ4v) is 2.79. The predicted molar refractivity (Wildman–Crippen MR) is 75.4 cm³/mol. The Kier molecular flexibility index (Phi) is 5.63. The standard InChI is InChI=1S/C15H20F4N2O/c1-22-14-10-11(16)2-3-12(14)13(4-5-15(17,18)19)21-8-6-20-7-9-21/h2-3,10,13,20H,4-9H2,1H3/t13-/m0/s1. The lowest BCUT2D eigenvalue weighted by atomic mass is 9.98. The Labute approximate surface area is 127 Å². The molecule has 0 bridgehead atoms. The van der Waals surface area contributed by atoms with E-state index in [-0.39, 0.29) is 6.42 Å². The summed E-state index contributed by atoms with van der Waals surface area (Å²) in [4.78, 5) is 2.00. The minimum Gasteiger partial charge on any atom is -0.496 e. The maximum Gasteiger partial charge on any atom is 0.389 e. The number of ether oxygens (including phenoxy) is 1. The number of hydrogen-bond acceptors (Lipinski definition) is 3. The summed E-state index contributed by atoms with van der Waals surface area (Å²) in [6.45, 7) is 2.77. The molecule has 0 radical (unpaired) electrons. The van der Waals surface area contributed by atoms with Crippen molar-refractivity contribution in [1.82, 2.24) is 10.2 Å². The molecule has 0 aliphatic carbocycles. The highest BCUT2D eigenvalue weighted by atomic mass is 19.4.